The van der Waals surface area contributed by atoms with Crippen molar-refractivity contribution in [3.05, 3.63) is 16.1 Å². The highest BCUT2D eigenvalue weighted by molar-refractivity contribution is 7.09. The molecule has 1 aromatic heterocycles. The lowest BCUT2D eigenvalue weighted by Gasteiger charge is -2.04. The number of hydrogen-bond acceptors (Lipinski definition) is 3. The highest BCUT2D eigenvalue weighted by Crippen LogP contribution is 2.28. The molecule has 2 rings (SSSR count). The van der Waals surface area contributed by atoms with Crippen LogP contribution in [0.5, 0.6) is 0 Å². The Hall–Kier alpha value is -0.850. The summed E-state index contributed by atoms with van der Waals surface area (Å²) < 4.78 is 5.26. The second kappa shape index (κ2) is 6.03. The van der Waals surface area contributed by atoms with Crippen molar-refractivity contribution in [3.63, 3.8) is 0 Å². The molecule has 0 saturated heterocycles. The van der Waals surface area contributed by atoms with E-state index >= 15 is 0 Å². The molecule has 1 aliphatic rings. The first-order chi connectivity index (χ1) is 7.88. The summed E-state index contributed by atoms with van der Waals surface area (Å²) in [5.74, 6) is 3.32. The fourth-order valence-electron chi connectivity index (χ4n) is 2.22. The van der Waals surface area contributed by atoms with E-state index in [1.807, 2.05) is 0 Å². The molecule has 0 bridgehead atoms. The maximum atomic E-state index is 5.26. The van der Waals surface area contributed by atoms with Gasteiger partial charge < -0.3 is 4.74 Å². The SMILES string of the molecule is C#CCOCc1nc(CC2CCCC2)cs1. The normalized spacial score (nSPS) is 16.4. The molecule has 0 spiro atoms. The molecule has 1 saturated carbocycles. The third-order valence-corrected chi connectivity index (χ3v) is 3.85. The van der Waals surface area contributed by atoms with E-state index in [9.17, 15) is 0 Å². The van der Waals surface area contributed by atoms with E-state index in [4.69, 9.17) is 11.2 Å². The molecular formula is C13H17NOS. The Bertz CT molecular complexity index is 360. The van der Waals surface area contributed by atoms with Crippen LogP contribution in [0.15, 0.2) is 5.38 Å². The first kappa shape index (κ1) is 11.6. The number of thiazole rings is 1. The average Bonchev–Trinajstić information content (AvgIpc) is 2.91. The van der Waals surface area contributed by atoms with Gasteiger partial charge in [0.15, 0.2) is 0 Å². The number of hydrogen-bond donors (Lipinski definition) is 0. The standard InChI is InChI=1S/C13H17NOS/c1-2-7-15-9-13-14-12(10-16-13)8-11-5-3-4-6-11/h1,10-11H,3-9H2. The molecule has 1 aliphatic carbocycles. The average molecular weight is 235 g/mol. The van der Waals surface area contributed by atoms with Crippen molar-refractivity contribution < 1.29 is 4.74 Å². The third kappa shape index (κ3) is 3.33. The molecule has 1 aromatic rings. The van der Waals surface area contributed by atoms with Gasteiger partial charge in [-0.15, -0.1) is 17.8 Å². The van der Waals surface area contributed by atoms with Crippen LogP contribution < -0.4 is 0 Å². The van der Waals surface area contributed by atoms with Crippen LogP contribution >= 0.6 is 11.3 Å². The van der Waals surface area contributed by atoms with Gasteiger partial charge >= 0.3 is 0 Å². The lowest BCUT2D eigenvalue weighted by Crippen LogP contribution is -1.99. The van der Waals surface area contributed by atoms with Crippen LogP contribution in [0.1, 0.15) is 36.4 Å². The van der Waals surface area contributed by atoms with Gasteiger partial charge in [0.25, 0.3) is 0 Å². The zero-order valence-electron chi connectivity index (χ0n) is 9.45. The van der Waals surface area contributed by atoms with Gasteiger partial charge in [-0.1, -0.05) is 31.6 Å². The van der Waals surface area contributed by atoms with E-state index in [1.165, 1.54) is 31.4 Å². The Morgan fingerprint density at radius 2 is 2.31 bits per heavy atom. The van der Waals surface area contributed by atoms with Crippen LogP contribution in [0.4, 0.5) is 0 Å². The second-order valence-electron chi connectivity index (χ2n) is 4.28. The van der Waals surface area contributed by atoms with Gasteiger partial charge in [0.2, 0.25) is 0 Å². The lowest BCUT2D eigenvalue weighted by molar-refractivity contribution is 0.153. The summed E-state index contributed by atoms with van der Waals surface area (Å²) in [5, 5.41) is 3.20. The monoisotopic (exact) mass is 235 g/mol. The number of ether oxygens (including phenoxy) is 1. The van der Waals surface area contributed by atoms with Crippen LogP contribution in [-0.4, -0.2) is 11.6 Å². The predicted octanol–water partition coefficient (Wildman–Crippen LogP) is 3.03. The summed E-state index contributed by atoms with van der Waals surface area (Å²) in [7, 11) is 0. The molecule has 86 valence electrons. The van der Waals surface area contributed by atoms with Crippen LogP contribution in [0.3, 0.4) is 0 Å². The summed E-state index contributed by atoms with van der Waals surface area (Å²) in [5.41, 5.74) is 1.23. The fourth-order valence-corrected chi connectivity index (χ4v) is 2.96. The maximum absolute atomic E-state index is 5.26. The van der Waals surface area contributed by atoms with Crippen molar-refractivity contribution in [2.24, 2.45) is 5.92 Å². The molecule has 0 radical (unpaired) electrons. The highest BCUT2D eigenvalue weighted by atomic mass is 32.1. The number of aromatic nitrogens is 1. The van der Waals surface area contributed by atoms with Crippen molar-refractivity contribution in [2.45, 2.75) is 38.7 Å². The maximum Gasteiger partial charge on any atom is 0.119 e. The smallest absolute Gasteiger partial charge is 0.119 e. The molecule has 1 fully saturated rings. The van der Waals surface area contributed by atoms with E-state index in [-0.39, 0.29) is 0 Å². The molecule has 0 unspecified atom stereocenters. The topological polar surface area (TPSA) is 22.1 Å². The van der Waals surface area contributed by atoms with E-state index in [0.717, 1.165) is 17.3 Å². The summed E-state index contributed by atoms with van der Waals surface area (Å²) in [4.78, 5) is 4.57. The Morgan fingerprint density at radius 1 is 1.50 bits per heavy atom. The van der Waals surface area contributed by atoms with E-state index in [1.54, 1.807) is 11.3 Å². The zero-order valence-corrected chi connectivity index (χ0v) is 10.3. The van der Waals surface area contributed by atoms with Gasteiger partial charge in [-0.05, 0) is 12.3 Å². The summed E-state index contributed by atoms with van der Waals surface area (Å²) >= 11 is 1.68. The number of rotatable bonds is 5. The van der Waals surface area contributed by atoms with Gasteiger partial charge in [0.1, 0.15) is 11.6 Å². The van der Waals surface area contributed by atoms with Crippen molar-refractivity contribution in [1.82, 2.24) is 4.98 Å². The minimum Gasteiger partial charge on any atom is -0.362 e. The van der Waals surface area contributed by atoms with Gasteiger partial charge in [-0.25, -0.2) is 4.98 Å². The van der Waals surface area contributed by atoms with E-state index in [2.05, 4.69) is 16.3 Å². The van der Waals surface area contributed by atoms with E-state index in [0.29, 0.717) is 13.2 Å². The molecule has 3 heteroatoms. The lowest BCUT2D eigenvalue weighted by atomic mass is 10.0. The zero-order chi connectivity index (χ0) is 11.2. The molecular weight excluding hydrogens is 218 g/mol. The molecule has 1 heterocycles. The summed E-state index contributed by atoms with van der Waals surface area (Å²) in [6.45, 7) is 0.928. The molecule has 16 heavy (non-hydrogen) atoms. The Kier molecular flexibility index (Phi) is 4.38. The first-order valence-corrected chi connectivity index (χ1v) is 6.71. The Labute approximate surface area is 101 Å². The van der Waals surface area contributed by atoms with Crippen molar-refractivity contribution >= 4 is 11.3 Å². The summed E-state index contributed by atoms with van der Waals surface area (Å²) in [6.07, 6.45) is 11.8. The molecule has 2 nitrogen and oxygen atoms in total. The van der Waals surface area contributed by atoms with Crippen LogP contribution in [0.2, 0.25) is 0 Å². The minimum absolute atomic E-state index is 0.373. The quantitative estimate of drug-likeness (QED) is 0.578. The molecule has 0 N–H and O–H groups in total. The fraction of sp³-hybridized carbons (Fsp3) is 0.615. The van der Waals surface area contributed by atoms with Crippen molar-refractivity contribution in [2.75, 3.05) is 6.61 Å². The van der Waals surface area contributed by atoms with Gasteiger partial charge in [-0.2, -0.15) is 0 Å². The van der Waals surface area contributed by atoms with Crippen LogP contribution in [0, 0.1) is 18.3 Å². The van der Waals surface area contributed by atoms with Gasteiger partial charge in [0.05, 0.1) is 12.3 Å². The number of terminal acetylenes is 1. The third-order valence-electron chi connectivity index (χ3n) is 2.98. The summed E-state index contributed by atoms with van der Waals surface area (Å²) in [6, 6.07) is 0. The van der Waals surface area contributed by atoms with Gasteiger partial charge in [0, 0.05) is 5.38 Å². The van der Waals surface area contributed by atoms with Crippen LogP contribution in [0.25, 0.3) is 0 Å². The predicted molar refractivity (Wildman–Crippen MR) is 66.3 cm³/mol. The molecule has 0 atom stereocenters. The minimum atomic E-state index is 0.373. The van der Waals surface area contributed by atoms with Crippen molar-refractivity contribution in [3.8, 4) is 12.3 Å². The van der Waals surface area contributed by atoms with Crippen LogP contribution in [-0.2, 0) is 17.8 Å². The molecule has 0 aliphatic heterocycles. The van der Waals surface area contributed by atoms with Crippen molar-refractivity contribution in [1.29, 1.82) is 0 Å². The number of nitrogens with zero attached hydrogens (tertiary/aromatic N) is 1. The van der Waals surface area contributed by atoms with E-state index < -0.39 is 0 Å². The Morgan fingerprint density at radius 3 is 3.06 bits per heavy atom. The first-order valence-electron chi connectivity index (χ1n) is 5.83. The molecule has 0 aromatic carbocycles. The highest BCUT2D eigenvalue weighted by Gasteiger charge is 2.16. The second-order valence-corrected chi connectivity index (χ2v) is 5.23. The van der Waals surface area contributed by atoms with Gasteiger partial charge in [-0.3, -0.25) is 0 Å². The Balaban J connectivity index is 1.80. The largest absolute Gasteiger partial charge is 0.362 e. The molecule has 0 amide bonds.